The molecule has 3 heteroatoms. The molecule has 0 radical (unpaired) electrons. The van der Waals surface area contributed by atoms with E-state index in [2.05, 4.69) is 34.1 Å². The predicted molar refractivity (Wildman–Crippen MR) is 79.5 cm³/mol. The van der Waals surface area contributed by atoms with E-state index in [0.717, 1.165) is 5.25 Å². The van der Waals surface area contributed by atoms with Crippen LogP contribution in [0.15, 0.2) is 27.6 Å². The summed E-state index contributed by atoms with van der Waals surface area (Å²) in [6.45, 7) is 2.02. The molecule has 0 unspecified atom stereocenters. The van der Waals surface area contributed by atoms with Crippen molar-refractivity contribution < 1.29 is 0 Å². The van der Waals surface area contributed by atoms with Gasteiger partial charge in [0.05, 0.1) is 0 Å². The van der Waals surface area contributed by atoms with Crippen LogP contribution >= 0.6 is 27.7 Å². The zero-order valence-corrected chi connectivity index (χ0v) is 12.7. The fourth-order valence-corrected chi connectivity index (χ4v) is 4.18. The molecule has 0 aromatic heterocycles. The number of halogens is 1. The second kappa shape index (κ2) is 6.26. The van der Waals surface area contributed by atoms with Crippen LogP contribution in [0.4, 0.5) is 0 Å². The Morgan fingerprint density at radius 3 is 2.59 bits per heavy atom. The van der Waals surface area contributed by atoms with Crippen LogP contribution in [0.3, 0.4) is 0 Å². The van der Waals surface area contributed by atoms with Crippen LogP contribution in [0.1, 0.15) is 50.6 Å². The van der Waals surface area contributed by atoms with Gasteiger partial charge in [0.15, 0.2) is 0 Å². The van der Waals surface area contributed by atoms with Gasteiger partial charge in [-0.3, -0.25) is 0 Å². The summed E-state index contributed by atoms with van der Waals surface area (Å²) in [4.78, 5) is 1.36. The summed E-state index contributed by atoms with van der Waals surface area (Å²) in [6.07, 6.45) is 6.95. The third kappa shape index (κ3) is 3.73. The second-order valence-electron chi connectivity index (χ2n) is 4.86. The van der Waals surface area contributed by atoms with Crippen molar-refractivity contribution in [1.82, 2.24) is 0 Å². The molecule has 1 nitrogen and oxygen atoms in total. The molecule has 1 atom stereocenters. The Balaban J connectivity index is 2.05. The molecule has 1 aromatic rings. The molecule has 0 bridgehead atoms. The average Bonchev–Trinajstić information content (AvgIpc) is 2.33. The third-order valence-electron chi connectivity index (χ3n) is 3.33. The molecule has 0 spiro atoms. The average molecular weight is 314 g/mol. The van der Waals surface area contributed by atoms with E-state index in [9.17, 15) is 0 Å². The minimum atomic E-state index is 0.111. The van der Waals surface area contributed by atoms with Crippen LogP contribution in [-0.2, 0) is 0 Å². The quantitative estimate of drug-likeness (QED) is 0.859. The van der Waals surface area contributed by atoms with Crippen molar-refractivity contribution in [1.29, 1.82) is 0 Å². The second-order valence-corrected chi connectivity index (χ2v) is 7.05. The Hall–Kier alpha value is 0.01000. The van der Waals surface area contributed by atoms with Crippen LogP contribution in [-0.4, -0.2) is 5.25 Å². The standard InChI is InChI=1S/C14H20BrNS/c1-10(16)11-7-8-14(13(15)9-11)17-12-5-3-2-4-6-12/h7-10,12H,2-6,16H2,1H3/t10-/m0/s1. The number of hydrogen-bond acceptors (Lipinski definition) is 2. The number of benzene rings is 1. The number of thioether (sulfide) groups is 1. The largest absolute Gasteiger partial charge is 0.324 e. The van der Waals surface area contributed by atoms with Crippen LogP contribution in [0, 0.1) is 0 Å². The number of nitrogens with two attached hydrogens (primary N) is 1. The Morgan fingerprint density at radius 1 is 1.29 bits per heavy atom. The summed E-state index contributed by atoms with van der Waals surface area (Å²) < 4.78 is 1.20. The first-order chi connectivity index (χ1) is 8.16. The molecule has 2 rings (SSSR count). The predicted octanol–water partition coefficient (Wildman–Crippen LogP) is 4.89. The summed E-state index contributed by atoms with van der Waals surface area (Å²) in [5.41, 5.74) is 7.09. The highest BCUT2D eigenvalue weighted by Crippen LogP contribution is 2.37. The lowest BCUT2D eigenvalue weighted by Gasteiger charge is -2.21. The summed E-state index contributed by atoms with van der Waals surface area (Å²) in [6, 6.07) is 6.64. The smallest absolute Gasteiger partial charge is 0.0314 e. The van der Waals surface area contributed by atoms with E-state index in [-0.39, 0.29) is 6.04 Å². The van der Waals surface area contributed by atoms with Crippen LogP contribution in [0.2, 0.25) is 0 Å². The van der Waals surface area contributed by atoms with Gasteiger partial charge in [0.25, 0.3) is 0 Å². The van der Waals surface area contributed by atoms with Gasteiger partial charge >= 0.3 is 0 Å². The number of rotatable bonds is 3. The molecule has 0 heterocycles. The first-order valence-corrected chi connectivity index (χ1v) is 8.06. The highest BCUT2D eigenvalue weighted by Gasteiger charge is 2.16. The van der Waals surface area contributed by atoms with Crippen molar-refractivity contribution in [3.05, 3.63) is 28.2 Å². The molecule has 0 saturated heterocycles. The van der Waals surface area contributed by atoms with Gasteiger partial charge in [0, 0.05) is 20.7 Å². The molecular formula is C14H20BrNS. The van der Waals surface area contributed by atoms with Crippen molar-refractivity contribution in [2.45, 2.75) is 55.2 Å². The molecule has 1 aliphatic rings. The normalized spacial score (nSPS) is 19.2. The first kappa shape index (κ1) is 13.4. The van der Waals surface area contributed by atoms with Crippen molar-refractivity contribution in [3.63, 3.8) is 0 Å². The van der Waals surface area contributed by atoms with Crippen molar-refractivity contribution >= 4 is 27.7 Å². The van der Waals surface area contributed by atoms with E-state index in [4.69, 9.17) is 5.73 Å². The zero-order chi connectivity index (χ0) is 12.3. The monoisotopic (exact) mass is 313 g/mol. The van der Waals surface area contributed by atoms with Gasteiger partial charge in [0.1, 0.15) is 0 Å². The summed E-state index contributed by atoms with van der Waals surface area (Å²) in [5.74, 6) is 0. The fourth-order valence-electron chi connectivity index (χ4n) is 2.26. The highest BCUT2D eigenvalue weighted by molar-refractivity contribution is 9.10. The molecule has 2 N–H and O–H groups in total. The Labute approximate surface area is 117 Å². The fraction of sp³-hybridized carbons (Fsp3) is 0.571. The van der Waals surface area contributed by atoms with Crippen LogP contribution in [0.25, 0.3) is 0 Å². The van der Waals surface area contributed by atoms with Crippen molar-refractivity contribution in [2.24, 2.45) is 5.73 Å². The van der Waals surface area contributed by atoms with E-state index >= 15 is 0 Å². The maximum absolute atomic E-state index is 5.89. The lowest BCUT2D eigenvalue weighted by molar-refractivity contribution is 0.516. The van der Waals surface area contributed by atoms with Gasteiger partial charge in [-0.2, -0.15) is 0 Å². The molecule has 0 amide bonds. The molecular weight excluding hydrogens is 294 g/mol. The van der Waals surface area contributed by atoms with E-state index in [1.165, 1.54) is 47.0 Å². The molecule has 1 saturated carbocycles. The molecule has 1 aromatic carbocycles. The SMILES string of the molecule is C[C@H](N)c1ccc(SC2CCCCC2)c(Br)c1. The Bertz CT molecular complexity index is 372. The van der Waals surface area contributed by atoms with E-state index in [0.29, 0.717) is 0 Å². The summed E-state index contributed by atoms with van der Waals surface area (Å²) >= 11 is 5.69. The molecule has 0 aliphatic heterocycles. The van der Waals surface area contributed by atoms with Crippen molar-refractivity contribution in [3.8, 4) is 0 Å². The van der Waals surface area contributed by atoms with Gasteiger partial charge in [-0.15, -0.1) is 11.8 Å². The van der Waals surface area contributed by atoms with E-state index < -0.39 is 0 Å². The van der Waals surface area contributed by atoms with Crippen LogP contribution < -0.4 is 5.73 Å². The van der Waals surface area contributed by atoms with E-state index in [1.54, 1.807) is 0 Å². The van der Waals surface area contributed by atoms with Gasteiger partial charge in [-0.1, -0.05) is 25.3 Å². The molecule has 94 valence electrons. The van der Waals surface area contributed by atoms with Gasteiger partial charge in [-0.05, 0) is 53.4 Å². The summed E-state index contributed by atoms with van der Waals surface area (Å²) in [5, 5.41) is 0.807. The lowest BCUT2D eigenvalue weighted by Crippen LogP contribution is -2.08. The minimum absolute atomic E-state index is 0.111. The van der Waals surface area contributed by atoms with Crippen LogP contribution in [0.5, 0.6) is 0 Å². The lowest BCUT2D eigenvalue weighted by atomic mass is 10.0. The Morgan fingerprint density at radius 2 is 2.00 bits per heavy atom. The van der Waals surface area contributed by atoms with Gasteiger partial charge in [-0.25, -0.2) is 0 Å². The number of hydrogen-bond donors (Lipinski definition) is 1. The topological polar surface area (TPSA) is 26.0 Å². The third-order valence-corrected chi connectivity index (χ3v) is 5.66. The maximum Gasteiger partial charge on any atom is 0.0314 e. The van der Waals surface area contributed by atoms with Gasteiger partial charge in [0.2, 0.25) is 0 Å². The minimum Gasteiger partial charge on any atom is -0.324 e. The highest BCUT2D eigenvalue weighted by atomic mass is 79.9. The molecule has 17 heavy (non-hydrogen) atoms. The Kier molecular flexibility index (Phi) is 4.95. The first-order valence-electron chi connectivity index (χ1n) is 6.38. The van der Waals surface area contributed by atoms with Crippen molar-refractivity contribution in [2.75, 3.05) is 0 Å². The van der Waals surface area contributed by atoms with E-state index in [1.807, 2.05) is 18.7 Å². The molecule has 1 aliphatic carbocycles. The summed E-state index contributed by atoms with van der Waals surface area (Å²) in [7, 11) is 0. The molecule has 1 fully saturated rings. The zero-order valence-electron chi connectivity index (χ0n) is 10.3. The maximum atomic E-state index is 5.89. The van der Waals surface area contributed by atoms with Gasteiger partial charge < -0.3 is 5.73 Å².